The van der Waals surface area contributed by atoms with Gasteiger partial charge in [-0.1, -0.05) is 41.9 Å². The molecule has 0 spiro atoms. The number of benzene rings is 2. The predicted molar refractivity (Wildman–Crippen MR) is 143 cm³/mol. The van der Waals surface area contributed by atoms with Crippen LogP contribution in [0.2, 0.25) is 4.34 Å². The van der Waals surface area contributed by atoms with E-state index in [4.69, 9.17) is 21.1 Å². The zero-order chi connectivity index (χ0) is 26.0. The molecule has 194 valence electrons. The summed E-state index contributed by atoms with van der Waals surface area (Å²) < 4.78 is 41.7. The van der Waals surface area contributed by atoms with Gasteiger partial charge in [-0.3, -0.25) is 14.2 Å². The molecule has 1 amide bonds. The van der Waals surface area contributed by atoms with Crippen LogP contribution < -0.4 is 14.8 Å². The van der Waals surface area contributed by atoms with Crippen LogP contribution in [0.15, 0.2) is 58.8 Å². The SMILES string of the molecule is COc1cccc2c1c(NS(=O)(=O)c1ccc(Cl)s1)nn2Cc1cccc(CNC(=O)C2CCCO2)c1. The van der Waals surface area contributed by atoms with Crippen LogP contribution >= 0.6 is 22.9 Å². The Balaban J connectivity index is 1.41. The smallest absolute Gasteiger partial charge is 0.272 e. The van der Waals surface area contributed by atoms with E-state index in [1.807, 2.05) is 36.4 Å². The summed E-state index contributed by atoms with van der Waals surface area (Å²) in [6.45, 7) is 1.38. The Morgan fingerprint density at radius 1 is 1.22 bits per heavy atom. The van der Waals surface area contributed by atoms with E-state index in [1.54, 1.807) is 10.7 Å². The van der Waals surface area contributed by atoms with Crippen molar-refractivity contribution in [3.63, 3.8) is 0 Å². The van der Waals surface area contributed by atoms with E-state index in [0.29, 0.717) is 40.7 Å². The van der Waals surface area contributed by atoms with Gasteiger partial charge in [-0.15, -0.1) is 11.3 Å². The Hall–Kier alpha value is -3.12. The van der Waals surface area contributed by atoms with Gasteiger partial charge in [0.25, 0.3) is 10.0 Å². The maximum absolute atomic E-state index is 13.0. The van der Waals surface area contributed by atoms with Crippen molar-refractivity contribution in [3.05, 3.63) is 70.1 Å². The summed E-state index contributed by atoms with van der Waals surface area (Å²) in [4.78, 5) is 12.3. The largest absolute Gasteiger partial charge is 0.496 e. The first-order chi connectivity index (χ1) is 17.8. The third-order valence-electron chi connectivity index (χ3n) is 6.02. The van der Waals surface area contributed by atoms with Gasteiger partial charge in [0, 0.05) is 13.2 Å². The number of anilines is 1. The number of ether oxygens (including phenoxy) is 2. The van der Waals surface area contributed by atoms with Crippen LogP contribution in [0.3, 0.4) is 0 Å². The lowest BCUT2D eigenvalue weighted by Crippen LogP contribution is -2.33. The number of sulfonamides is 1. The molecule has 2 aromatic carbocycles. The van der Waals surface area contributed by atoms with E-state index in [9.17, 15) is 13.2 Å². The number of halogens is 1. The molecule has 1 saturated heterocycles. The number of fused-ring (bicyclic) bond motifs is 1. The van der Waals surface area contributed by atoms with Crippen molar-refractivity contribution in [2.75, 3.05) is 18.4 Å². The molecule has 0 bridgehead atoms. The van der Waals surface area contributed by atoms with Crippen molar-refractivity contribution in [1.82, 2.24) is 15.1 Å². The van der Waals surface area contributed by atoms with Gasteiger partial charge in [-0.25, -0.2) is 8.42 Å². The molecule has 4 aromatic rings. The summed E-state index contributed by atoms with van der Waals surface area (Å²) in [6, 6.07) is 16.2. The minimum atomic E-state index is -3.90. The number of amides is 1. The van der Waals surface area contributed by atoms with Gasteiger partial charge in [0.2, 0.25) is 5.91 Å². The molecule has 12 heteroatoms. The number of thiophene rings is 1. The molecule has 1 atom stereocenters. The minimum absolute atomic E-state index is 0.0906. The highest BCUT2D eigenvalue weighted by Crippen LogP contribution is 2.35. The molecule has 0 saturated carbocycles. The molecule has 2 N–H and O–H groups in total. The molecule has 1 aliphatic rings. The van der Waals surface area contributed by atoms with Gasteiger partial charge in [0.15, 0.2) is 5.82 Å². The lowest BCUT2D eigenvalue weighted by atomic mass is 10.1. The number of hydrogen-bond acceptors (Lipinski definition) is 7. The highest BCUT2D eigenvalue weighted by molar-refractivity contribution is 7.94. The Kier molecular flexibility index (Phi) is 7.38. The topological polar surface area (TPSA) is 112 Å². The lowest BCUT2D eigenvalue weighted by Gasteiger charge is -2.11. The average Bonchev–Trinajstić information content (AvgIpc) is 3.64. The molecule has 0 radical (unpaired) electrons. The maximum atomic E-state index is 13.0. The molecule has 5 rings (SSSR count). The standard InChI is InChI=1S/C25H25ClN4O5S2/c1-34-19-8-3-7-18-23(19)24(29-37(32,33)22-11-10-21(26)36-22)28-30(18)15-17-6-2-5-16(13-17)14-27-25(31)20-9-4-12-35-20/h2-3,5-8,10-11,13,20H,4,9,12,14-15H2,1H3,(H,27,31)(H,28,29). The molecular weight excluding hydrogens is 536 g/mol. The third-order valence-corrected chi connectivity index (χ3v) is 9.08. The van der Waals surface area contributed by atoms with Crippen molar-refractivity contribution in [1.29, 1.82) is 0 Å². The summed E-state index contributed by atoms with van der Waals surface area (Å²) in [7, 11) is -2.37. The quantitative estimate of drug-likeness (QED) is 0.314. The number of methoxy groups -OCH3 is 1. The molecule has 0 aliphatic carbocycles. The molecule has 9 nitrogen and oxygen atoms in total. The fourth-order valence-electron chi connectivity index (χ4n) is 4.28. The number of carbonyl (C=O) groups excluding carboxylic acids is 1. The van der Waals surface area contributed by atoms with Crippen molar-refractivity contribution in [3.8, 4) is 5.75 Å². The van der Waals surface area contributed by atoms with Gasteiger partial charge in [0.05, 0.1) is 28.9 Å². The number of nitrogens with one attached hydrogen (secondary N) is 2. The molecule has 1 aliphatic heterocycles. The monoisotopic (exact) mass is 560 g/mol. The highest BCUT2D eigenvalue weighted by Gasteiger charge is 2.24. The van der Waals surface area contributed by atoms with E-state index < -0.39 is 10.0 Å². The fourth-order valence-corrected chi connectivity index (χ4v) is 6.77. The van der Waals surface area contributed by atoms with Crippen LogP contribution in [-0.2, 0) is 32.6 Å². The first-order valence-corrected chi connectivity index (χ1v) is 14.3. The molecular formula is C25H25ClN4O5S2. The number of carbonyl (C=O) groups is 1. The summed E-state index contributed by atoms with van der Waals surface area (Å²) in [5.41, 5.74) is 2.59. The van der Waals surface area contributed by atoms with Gasteiger partial charge >= 0.3 is 0 Å². The summed E-state index contributed by atoms with van der Waals surface area (Å²) in [5.74, 6) is 0.560. The zero-order valence-corrected chi connectivity index (χ0v) is 22.3. The second kappa shape index (κ2) is 10.7. The molecule has 1 unspecified atom stereocenters. The average molecular weight is 561 g/mol. The van der Waals surface area contributed by atoms with E-state index in [-0.39, 0.29) is 22.0 Å². The van der Waals surface area contributed by atoms with Crippen LogP contribution in [0.1, 0.15) is 24.0 Å². The second-order valence-corrected chi connectivity index (χ2v) is 12.2. The Morgan fingerprint density at radius 2 is 2.03 bits per heavy atom. The maximum Gasteiger partial charge on any atom is 0.272 e. The third kappa shape index (κ3) is 5.59. The molecule has 3 heterocycles. The van der Waals surface area contributed by atoms with Crippen molar-refractivity contribution < 1.29 is 22.7 Å². The van der Waals surface area contributed by atoms with Crippen LogP contribution in [0.4, 0.5) is 5.82 Å². The van der Waals surface area contributed by atoms with Crippen LogP contribution in [0, 0.1) is 0 Å². The highest BCUT2D eigenvalue weighted by atomic mass is 35.5. The molecule has 1 fully saturated rings. The van der Waals surface area contributed by atoms with Crippen LogP contribution in [-0.4, -0.2) is 43.9 Å². The normalized spacial score (nSPS) is 15.7. The van der Waals surface area contributed by atoms with E-state index in [1.165, 1.54) is 19.2 Å². The van der Waals surface area contributed by atoms with Crippen LogP contribution in [0.5, 0.6) is 5.75 Å². The van der Waals surface area contributed by atoms with E-state index >= 15 is 0 Å². The van der Waals surface area contributed by atoms with E-state index in [2.05, 4.69) is 15.1 Å². The minimum Gasteiger partial charge on any atom is -0.496 e. The van der Waals surface area contributed by atoms with Gasteiger partial charge in [-0.05, 0) is 48.2 Å². The summed E-state index contributed by atoms with van der Waals surface area (Å²) >= 11 is 6.92. The van der Waals surface area contributed by atoms with Gasteiger partial charge < -0.3 is 14.8 Å². The number of nitrogens with zero attached hydrogens (tertiary/aromatic N) is 2. The van der Waals surface area contributed by atoms with Crippen molar-refractivity contribution >= 4 is 55.6 Å². The Morgan fingerprint density at radius 3 is 2.76 bits per heavy atom. The molecule has 2 aromatic heterocycles. The Labute approximate surface area is 223 Å². The van der Waals surface area contributed by atoms with Crippen LogP contribution in [0.25, 0.3) is 10.9 Å². The number of rotatable bonds is 9. The molecule has 37 heavy (non-hydrogen) atoms. The lowest BCUT2D eigenvalue weighted by molar-refractivity contribution is -0.130. The van der Waals surface area contributed by atoms with Crippen molar-refractivity contribution in [2.45, 2.75) is 36.2 Å². The second-order valence-electron chi connectivity index (χ2n) is 8.56. The Bertz CT molecular complexity index is 1540. The predicted octanol–water partition coefficient (Wildman–Crippen LogP) is 4.40. The number of aromatic nitrogens is 2. The van der Waals surface area contributed by atoms with Gasteiger partial charge in [0.1, 0.15) is 16.1 Å². The first kappa shape index (κ1) is 25.5. The van der Waals surface area contributed by atoms with Gasteiger partial charge in [-0.2, -0.15) is 5.10 Å². The van der Waals surface area contributed by atoms with E-state index in [0.717, 1.165) is 35.3 Å². The first-order valence-electron chi connectivity index (χ1n) is 11.6. The summed E-state index contributed by atoms with van der Waals surface area (Å²) in [5, 5.41) is 8.09. The number of hydrogen-bond donors (Lipinski definition) is 2. The zero-order valence-electron chi connectivity index (χ0n) is 19.9. The fraction of sp³-hybridized carbons (Fsp3) is 0.280. The summed E-state index contributed by atoms with van der Waals surface area (Å²) in [6.07, 6.45) is 1.27. The van der Waals surface area contributed by atoms with Crippen molar-refractivity contribution in [2.24, 2.45) is 0 Å².